The fourth-order valence-corrected chi connectivity index (χ4v) is 2.51. The van der Waals surface area contributed by atoms with Gasteiger partial charge in [-0.1, -0.05) is 6.92 Å². The summed E-state index contributed by atoms with van der Waals surface area (Å²) in [6.45, 7) is 11.1. The Morgan fingerprint density at radius 3 is 2.72 bits per heavy atom. The van der Waals surface area contributed by atoms with Gasteiger partial charge in [-0.3, -0.25) is 4.90 Å². The third-order valence-corrected chi connectivity index (χ3v) is 3.16. The number of hydrogen-bond acceptors (Lipinski definition) is 4. The zero-order chi connectivity index (χ0) is 13.0. The molecular formula is C14H24N2O2. The minimum atomic E-state index is 0.310. The van der Waals surface area contributed by atoms with Gasteiger partial charge in [-0.05, 0) is 26.5 Å². The molecule has 2 heterocycles. The molecule has 1 aromatic heterocycles. The molecule has 0 amide bonds. The minimum absolute atomic E-state index is 0.310. The fraction of sp³-hybridized carbons (Fsp3) is 0.714. The van der Waals surface area contributed by atoms with E-state index in [9.17, 15) is 0 Å². The molecule has 0 spiro atoms. The van der Waals surface area contributed by atoms with Crippen LogP contribution in [0.1, 0.15) is 32.1 Å². The maximum absolute atomic E-state index is 5.73. The monoisotopic (exact) mass is 252 g/mol. The summed E-state index contributed by atoms with van der Waals surface area (Å²) in [6, 6.07) is 2.15. The third-order valence-electron chi connectivity index (χ3n) is 3.16. The second-order valence-electron chi connectivity index (χ2n) is 5.15. The van der Waals surface area contributed by atoms with E-state index in [2.05, 4.69) is 37.1 Å². The topological polar surface area (TPSA) is 37.6 Å². The van der Waals surface area contributed by atoms with Crippen molar-refractivity contribution in [1.82, 2.24) is 10.2 Å². The Hall–Kier alpha value is -0.840. The van der Waals surface area contributed by atoms with Gasteiger partial charge in [0.25, 0.3) is 0 Å². The highest BCUT2D eigenvalue weighted by Crippen LogP contribution is 2.16. The largest absolute Gasteiger partial charge is 0.468 e. The molecule has 4 nitrogen and oxygen atoms in total. The van der Waals surface area contributed by atoms with E-state index in [0.29, 0.717) is 12.2 Å². The van der Waals surface area contributed by atoms with Crippen LogP contribution in [0.25, 0.3) is 0 Å². The fourth-order valence-electron chi connectivity index (χ4n) is 2.51. The van der Waals surface area contributed by atoms with Gasteiger partial charge < -0.3 is 14.5 Å². The number of hydrogen-bond donors (Lipinski definition) is 1. The van der Waals surface area contributed by atoms with E-state index in [1.807, 2.05) is 6.26 Å². The van der Waals surface area contributed by atoms with E-state index in [0.717, 1.165) is 38.5 Å². The molecule has 1 aromatic rings. The summed E-state index contributed by atoms with van der Waals surface area (Å²) in [7, 11) is 0. The lowest BCUT2D eigenvalue weighted by molar-refractivity contribution is -0.0718. The zero-order valence-electron chi connectivity index (χ0n) is 11.6. The van der Waals surface area contributed by atoms with Crippen LogP contribution in [0.5, 0.6) is 0 Å². The molecule has 4 heteroatoms. The minimum Gasteiger partial charge on any atom is -0.468 e. The maximum Gasteiger partial charge on any atom is 0.118 e. The lowest BCUT2D eigenvalue weighted by Gasteiger charge is -2.34. The van der Waals surface area contributed by atoms with E-state index in [1.165, 1.54) is 5.56 Å². The molecule has 2 atom stereocenters. The summed E-state index contributed by atoms with van der Waals surface area (Å²) in [5, 5.41) is 3.30. The number of ether oxygens (including phenoxy) is 1. The van der Waals surface area contributed by atoms with Crippen molar-refractivity contribution in [1.29, 1.82) is 0 Å². The van der Waals surface area contributed by atoms with Crippen LogP contribution in [0.4, 0.5) is 0 Å². The quantitative estimate of drug-likeness (QED) is 0.870. The van der Waals surface area contributed by atoms with Crippen LogP contribution in [0, 0.1) is 0 Å². The van der Waals surface area contributed by atoms with Crippen LogP contribution in [0.15, 0.2) is 16.7 Å². The van der Waals surface area contributed by atoms with Crippen LogP contribution in [-0.4, -0.2) is 36.7 Å². The number of nitrogens with zero attached hydrogens (tertiary/aromatic N) is 1. The van der Waals surface area contributed by atoms with Crippen molar-refractivity contribution >= 4 is 0 Å². The summed E-state index contributed by atoms with van der Waals surface area (Å²) in [4.78, 5) is 2.40. The average Bonchev–Trinajstić information content (AvgIpc) is 2.72. The van der Waals surface area contributed by atoms with E-state index in [4.69, 9.17) is 9.15 Å². The predicted octanol–water partition coefficient (Wildman–Crippen LogP) is 2.00. The lowest BCUT2D eigenvalue weighted by Crippen LogP contribution is -2.44. The first-order valence-electron chi connectivity index (χ1n) is 6.82. The molecular weight excluding hydrogens is 228 g/mol. The first-order chi connectivity index (χ1) is 8.67. The SMILES string of the molecule is CCNCc1coc(CN2CC(C)OC(C)C2)c1. The van der Waals surface area contributed by atoms with Crippen molar-refractivity contribution in [2.24, 2.45) is 0 Å². The van der Waals surface area contributed by atoms with Gasteiger partial charge in [0.05, 0.1) is 25.0 Å². The first-order valence-corrected chi connectivity index (χ1v) is 6.82. The van der Waals surface area contributed by atoms with Gasteiger partial charge in [0.15, 0.2) is 0 Å². The molecule has 1 aliphatic heterocycles. The molecule has 1 fully saturated rings. The summed E-state index contributed by atoms with van der Waals surface area (Å²) in [6.07, 6.45) is 2.47. The number of nitrogens with one attached hydrogen (secondary N) is 1. The van der Waals surface area contributed by atoms with Crippen molar-refractivity contribution in [2.45, 2.75) is 46.1 Å². The Morgan fingerprint density at radius 2 is 2.06 bits per heavy atom. The summed E-state index contributed by atoms with van der Waals surface area (Å²) < 4.78 is 11.3. The van der Waals surface area contributed by atoms with Crippen LogP contribution in [0.3, 0.4) is 0 Å². The van der Waals surface area contributed by atoms with E-state index in [1.54, 1.807) is 0 Å². The van der Waals surface area contributed by atoms with E-state index in [-0.39, 0.29) is 0 Å². The van der Waals surface area contributed by atoms with Crippen molar-refractivity contribution in [3.05, 3.63) is 23.7 Å². The van der Waals surface area contributed by atoms with Crippen molar-refractivity contribution < 1.29 is 9.15 Å². The van der Waals surface area contributed by atoms with Crippen LogP contribution < -0.4 is 5.32 Å². The molecule has 0 radical (unpaired) electrons. The van der Waals surface area contributed by atoms with Crippen LogP contribution in [-0.2, 0) is 17.8 Å². The smallest absolute Gasteiger partial charge is 0.118 e. The van der Waals surface area contributed by atoms with Crippen molar-refractivity contribution in [2.75, 3.05) is 19.6 Å². The normalized spacial score (nSPS) is 25.5. The standard InChI is InChI=1S/C14H24N2O2/c1-4-15-6-13-5-14(17-10-13)9-16-7-11(2)18-12(3)8-16/h5,10-12,15H,4,6-9H2,1-3H3. The highest BCUT2D eigenvalue weighted by molar-refractivity contribution is 5.12. The van der Waals surface area contributed by atoms with Gasteiger partial charge in [0.1, 0.15) is 5.76 Å². The van der Waals surface area contributed by atoms with Gasteiger partial charge in [0.2, 0.25) is 0 Å². The van der Waals surface area contributed by atoms with Gasteiger partial charge in [-0.15, -0.1) is 0 Å². The van der Waals surface area contributed by atoms with Crippen LogP contribution >= 0.6 is 0 Å². The molecule has 102 valence electrons. The molecule has 1 N–H and O–H groups in total. The summed E-state index contributed by atoms with van der Waals surface area (Å²) in [5.41, 5.74) is 1.22. The Labute approximate surface area is 109 Å². The average molecular weight is 252 g/mol. The highest BCUT2D eigenvalue weighted by Gasteiger charge is 2.22. The second kappa shape index (κ2) is 6.36. The third kappa shape index (κ3) is 3.83. The maximum atomic E-state index is 5.73. The molecule has 18 heavy (non-hydrogen) atoms. The highest BCUT2D eigenvalue weighted by atomic mass is 16.5. The molecule has 0 bridgehead atoms. The van der Waals surface area contributed by atoms with Gasteiger partial charge in [-0.2, -0.15) is 0 Å². The molecule has 2 rings (SSSR count). The Kier molecular flexibility index (Phi) is 4.80. The lowest BCUT2D eigenvalue weighted by atomic mass is 10.2. The summed E-state index contributed by atoms with van der Waals surface area (Å²) >= 11 is 0. The molecule has 0 aromatic carbocycles. The Morgan fingerprint density at radius 1 is 1.33 bits per heavy atom. The van der Waals surface area contributed by atoms with E-state index < -0.39 is 0 Å². The number of morpholine rings is 1. The second-order valence-corrected chi connectivity index (χ2v) is 5.15. The van der Waals surface area contributed by atoms with Crippen molar-refractivity contribution in [3.8, 4) is 0 Å². The first kappa shape index (κ1) is 13.6. The Bertz CT molecular complexity index is 354. The van der Waals surface area contributed by atoms with Gasteiger partial charge >= 0.3 is 0 Å². The summed E-state index contributed by atoms with van der Waals surface area (Å²) in [5.74, 6) is 1.05. The zero-order valence-corrected chi connectivity index (χ0v) is 11.6. The van der Waals surface area contributed by atoms with Crippen molar-refractivity contribution in [3.63, 3.8) is 0 Å². The van der Waals surface area contributed by atoms with Crippen LogP contribution in [0.2, 0.25) is 0 Å². The van der Waals surface area contributed by atoms with Gasteiger partial charge in [0, 0.05) is 25.2 Å². The number of furan rings is 1. The number of rotatable bonds is 5. The molecule has 2 unspecified atom stereocenters. The molecule has 0 aliphatic carbocycles. The Balaban J connectivity index is 1.86. The predicted molar refractivity (Wildman–Crippen MR) is 71.4 cm³/mol. The molecule has 1 saturated heterocycles. The van der Waals surface area contributed by atoms with E-state index >= 15 is 0 Å². The molecule has 0 saturated carbocycles. The van der Waals surface area contributed by atoms with Gasteiger partial charge in [-0.25, -0.2) is 0 Å². The molecule has 1 aliphatic rings.